The molecule has 26 heavy (non-hydrogen) atoms. The third-order valence-corrected chi connectivity index (χ3v) is 3.89. The highest BCUT2D eigenvalue weighted by molar-refractivity contribution is 5.52. The number of aliphatic hydroxyl groups is 1. The molecule has 4 heteroatoms. The summed E-state index contributed by atoms with van der Waals surface area (Å²) in [7, 11) is 0. The molecule has 4 nitrogen and oxygen atoms in total. The molecule has 0 saturated carbocycles. The van der Waals surface area contributed by atoms with E-state index in [4.69, 9.17) is 9.47 Å². The maximum atomic E-state index is 10.8. The van der Waals surface area contributed by atoms with Crippen LogP contribution in [0.2, 0.25) is 0 Å². The van der Waals surface area contributed by atoms with Gasteiger partial charge in [0.15, 0.2) is 0 Å². The summed E-state index contributed by atoms with van der Waals surface area (Å²) in [5.74, 6) is 1.88. The van der Waals surface area contributed by atoms with Gasteiger partial charge in [-0.3, -0.25) is 4.98 Å². The van der Waals surface area contributed by atoms with Crippen molar-refractivity contribution in [2.45, 2.75) is 46.6 Å². The molecule has 0 radical (unpaired) electrons. The Labute approximate surface area is 156 Å². The van der Waals surface area contributed by atoms with E-state index in [1.165, 1.54) is 0 Å². The average Bonchev–Trinajstić information content (AvgIpc) is 2.61. The predicted octanol–water partition coefficient (Wildman–Crippen LogP) is 5.09. The van der Waals surface area contributed by atoms with Crippen molar-refractivity contribution in [3.8, 4) is 11.5 Å². The van der Waals surface area contributed by atoms with Crippen LogP contribution in [0.25, 0.3) is 6.08 Å². The monoisotopic (exact) mass is 355 g/mol. The fraction of sp³-hybridized carbons (Fsp3) is 0.409. The molecule has 0 saturated heterocycles. The molecule has 1 atom stereocenters. The lowest BCUT2D eigenvalue weighted by molar-refractivity contribution is 0.0641. The zero-order valence-electron chi connectivity index (χ0n) is 16.1. The molecule has 1 aromatic carbocycles. The highest BCUT2D eigenvalue weighted by atomic mass is 16.5. The van der Waals surface area contributed by atoms with E-state index in [1.807, 2.05) is 63.2 Å². The fourth-order valence-corrected chi connectivity index (χ4v) is 2.31. The van der Waals surface area contributed by atoms with Crippen molar-refractivity contribution in [3.05, 3.63) is 60.1 Å². The SMILES string of the molecule is CCCCOc1cccc(O/C(=C/c2cccnc2)C(O)C(C)(C)C)c1. The lowest BCUT2D eigenvalue weighted by Gasteiger charge is -2.28. The van der Waals surface area contributed by atoms with Crippen molar-refractivity contribution >= 4 is 6.08 Å². The van der Waals surface area contributed by atoms with Crippen LogP contribution < -0.4 is 9.47 Å². The number of nitrogens with zero attached hydrogens (tertiary/aromatic N) is 1. The van der Waals surface area contributed by atoms with Gasteiger partial charge in [-0.15, -0.1) is 0 Å². The van der Waals surface area contributed by atoms with Crippen LogP contribution in [-0.2, 0) is 0 Å². The molecule has 1 N–H and O–H groups in total. The largest absolute Gasteiger partial charge is 0.493 e. The van der Waals surface area contributed by atoms with Gasteiger partial charge in [0.1, 0.15) is 23.4 Å². The van der Waals surface area contributed by atoms with Gasteiger partial charge in [-0.25, -0.2) is 0 Å². The highest BCUT2D eigenvalue weighted by Crippen LogP contribution is 2.29. The van der Waals surface area contributed by atoms with Gasteiger partial charge in [0.2, 0.25) is 0 Å². The molecule has 0 fully saturated rings. The number of hydrogen-bond acceptors (Lipinski definition) is 4. The zero-order chi connectivity index (χ0) is 19.0. The molecule has 2 rings (SSSR count). The first kappa shape index (κ1) is 20.0. The van der Waals surface area contributed by atoms with Gasteiger partial charge in [-0.05, 0) is 41.7 Å². The van der Waals surface area contributed by atoms with Crippen LogP contribution in [0, 0.1) is 5.41 Å². The molecule has 0 spiro atoms. The van der Waals surface area contributed by atoms with Gasteiger partial charge >= 0.3 is 0 Å². The average molecular weight is 355 g/mol. The molecule has 0 aliphatic rings. The van der Waals surface area contributed by atoms with Crippen LogP contribution in [-0.4, -0.2) is 22.8 Å². The molecule has 140 valence electrons. The standard InChI is InChI=1S/C22H29NO3/c1-5-6-13-25-18-10-7-11-19(15-18)26-20(21(24)22(2,3)4)14-17-9-8-12-23-16-17/h7-12,14-16,21,24H,5-6,13H2,1-4H3/b20-14+. The molecule has 0 amide bonds. The third-order valence-electron chi connectivity index (χ3n) is 3.89. The normalized spacial score (nSPS) is 13.3. The van der Waals surface area contributed by atoms with E-state index in [0.717, 1.165) is 24.2 Å². The van der Waals surface area contributed by atoms with Crippen molar-refractivity contribution in [1.82, 2.24) is 4.98 Å². The van der Waals surface area contributed by atoms with Crippen molar-refractivity contribution in [1.29, 1.82) is 0 Å². The lowest BCUT2D eigenvalue weighted by atomic mass is 9.87. The topological polar surface area (TPSA) is 51.6 Å². The van der Waals surface area contributed by atoms with Crippen LogP contribution in [0.1, 0.15) is 46.1 Å². The number of aliphatic hydroxyl groups excluding tert-OH is 1. The summed E-state index contributed by atoms with van der Waals surface area (Å²) >= 11 is 0. The van der Waals surface area contributed by atoms with Gasteiger partial charge in [-0.1, -0.05) is 46.2 Å². The molecule has 1 aromatic heterocycles. The predicted molar refractivity (Wildman–Crippen MR) is 105 cm³/mol. The molecule has 0 aliphatic carbocycles. The van der Waals surface area contributed by atoms with Crippen LogP contribution in [0.15, 0.2) is 54.6 Å². The smallest absolute Gasteiger partial charge is 0.134 e. The maximum absolute atomic E-state index is 10.8. The Morgan fingerprint density at radius 1 is 1.19 bits per heavy atom. The number of rotatable bonds is 8. The Balaban J connectivity index is 2.24. The first-order chi connectivity index (χ1) is 12.4. The molecule has 2 aromatic rings. The Bertz CT molecular complexity index is 705. The first-order valence-electron chi connectivity index (χ1n) is 9.10. The quantitative estimate of drug-likeness (QED) is 0.529. The Morgan fingerprint density at radius 3 is 2.62 bits per heavy atom. The van der Waals surface area contributed by atoms with E-state index in [0.29, 0.717) is 18.1 Å². The zero-order valence-corrected chi connectivity index (χ0v) is 16.1. The molecule has 0 bridgehead atoms. The number of benzene rings is 1. The van der Waals surface area contributed by atoms with Gasteiger partial charge < -0.3 is 14.6 Å². The van der Waals surface area contributed by atoms with E-state index in [9.17, 15) is 5.11 Å². The highest BCUT2D eigenvalue weighted by Gasteiger charge is 2.27. The van der Waals surface area contributed by atoms with Crippen LogP contribution >= 0.6 is 0 Å². The van der Waals surface area contributed by atoms with Crippen LogP contribution in [0.5, 0.6) is 11.5 Å². The van der Waals surface area contributed by atoms with Gasteiger partial charge in [0.25, 0.3) is 0 Å². The fourth-order valence-electron chi connectivity index (χ4n) is 2.31. The minimum atomic E-state index is -0.757. The van der Waals surface area contributed by atoms with Gasteiger partial charge in [0, 0.05) is 18.5 Å². The summed E-state index contributed by atoms with van der Waals surface area (Å²) in [5.41, 5.74) is 0.518. The Hall–Kier alpha value is -2.33. The molecular formula is C22H29NO3. The number of hydrogen-bond donors (Lipinski definition) is 1. The van der Waals surface area contributed by atoms with Crippen LogP contribution in [0.3, 0.4) is 0 Å². The van der Waals surface area contributed by atoms with Gasteiger partial charge in [0.05, 0.1) is 6.61 Å². The minimum Gasteiger partial charge on any atom is -0.493 e. The molecular weight excluding hydrogens is 326 g/mol. The summed E-state index contributed by atoms with van der Waals surface area (Å²) < 4.78 is 11.8. The summed E-state index contributed by atoms with van der Waals surface area (Å²) in [6.45, 7) is 8.74. The maximum Gasteiger partial charge on any atom is 0.134 e. The molecule has 1 unspecified atom stereocenters. The summed E-state index contributed by atoms with van der Waals surface area (Å²) in [6, 6.07) is 11.3. The number of unbranched alkanes of at least 4 members (excludes halogenated alkanes) is 1. The summed E-state index contributed by atoms with van der Waals surface area (Å²) in [4.78, 5) is 4.12. The second-order valence-corrected chi connectivity index (χ2v) is 7.38. The lowest BCUT2D eigenvalue weighted by Crippen LogP contribution is -2.30. The first-order valence-corrected chi connectivity index (χ1v) is 9.10. The van der Waals surface area contributed by atoms with Crippen molar-refractivity contribution in [3.63, 3.8) is 0 Å². The number of pyridine rings is 1. The Kier molecular flexibility index (Phi) is 7.22. The number of aromatic nitrogens is 1. The van der Waals surface area contributed by atoms with E-state index in [2.05, 4.69) is 11.9 Å². The van der Waals surface area contributed by atoms with Crippen molar-refractivity contribution in [2.24, 2.45) is 5.41 Å². The van der Waals surface area contributed by atoms with E-state index in [-0.39, 0.29) is 5.41 Å². The minimum absolute atomic E-state index is 0.358. The Morgan fingerprint density at radius 2 is 1.96 bits per heavy atom. The van der Waals surface area contributed by atoms with E-state index in [1.54, 1.807) is 12.4 Å². The van der Waals surface area contributed by atoms with Crippen molar-refractivity contribution in [2.75, 3.05) is 6.61 Å². The second-order valence-electron chi connectivity index (χ2n) is 7.38. The van der Waals surface area contributed by atoms with Gasteiger partial charge in [-0.2, -0.15) is 0 Å². The van der Waals surface area contributed by atoms with Crippen LogP contribution in [0.4, 0.5) is 0 Å². The summed E-state index contributed by atoms with van der Waals surface area (Å²) in [6.07, 6.45) is 6.63. The van der Waals surface area contributed by atoms with Crippen molar-refractivity contribution < 1.29 is 14.6 Å². The third kappa shape index (κ3) is 6.19. The molecule has 1 heterocycles. The van der Waals surface area contributed by atoms with E-state index < -0.39 is 6.10 Å². The number of ether oxygens (including phenoxy) is 2. The van der Waals surface area contributed by atoms with E-state index >= 15 is 0 Å². The second kappa shape index (κ2) is 9.39. The summed E-state index contributed by atoms with van der Waals surface area (Å²) in [5, 5.41) is 10.8. The molecule has 0 aliphatic heterocycles.